The van der Waals surface area contributed by atoms with Gasteiger partial charge in [-0.2, -0.15) is 13.2 Å². The topological polar surface area (TPSA) is 12.0 Å². The molecule has 0 saturated carbocycles. The monoisotopic (exact) mass is 209 g/mol. The summed E-state index contributed by atoms with van der Waals surface area (Å²) in [6.45, 7) is 3.00. The summed E-state index contributed by atoms with van der Waals surface area (Å²) < 4.78 is 34.3. The van der Waals surface area contributed by atoms with E-state index in [-0.39, 0.29) is 29.9 Å². The Labute approximate surface area is 74.5 Å². The van der Waals surface area contributed by atoms with Crippen LogP contribution in [0.5, 0.6) is 0 Å². The summed E-state index contributed by atoms with van der Waals surface area (Å²) in [4.78, 5) is 0. The Morgan fingerprint density at radius 2 is 1.91 bits per heavy atom. The Morgan fingerprint density at radius 1 is 1.36 bits per heavy atom. The Kier molecular flexibility index (Phi) is 8.95. The number of thioether (sulfide) groups is 1. The molecule has 0 radical (unpaired) electrons. The predicted molar refractivity (Wildman–Crippen MR) is 44.3 cm³/mol. The summed E-state index contributed by atoms with van der Waals surface area (Å²) in [6.07, 6.45) is 0. The highest BCUT2D eigenvalue weighted by Crippen LogP contribution is 2.29. The van der Waals surface area contributed by atoms with Gasteiger partial charge in [0, 0.05) is 12.3 Å². The van der Waals surface area contributed by atoms with Crippen molar-refractivity contribution in [2.45, 2.75) is 12.4 Å². The Hall–Kier alpha value is 0.390. The molecule has 0 aromatic heterocycles. The lowest BCUT2D eigenvalue weighted by atomic mass is 10.7. The van der Waals surface area contributed by atoms with Crippen LogP contribution in [0.4, 0.5) is 13.2 Å². The number of hydrogen-bond acceptors (Lipinski definition) is 2. The highest BCUT2D eigenvalue weighted by atomic mass is 35.5. The van der Waals surface area contributed by atoms with Crippen LogP contribution < -0.4 is 5.32 Å². The van der Waals surface area contributed by atoms with E-state index in [1.165, 1.54) is 0 Å². The lowest BCUT2D eigenvalue weighted by Gasteiger charge is -2.04. The van der Waals surface area contributed by atoms with Crippen molar-refractivity contribution in [1.29, 1.82) is 0 Å². The average molecular weight is 210 g/mol. The van der Waals surface area contributed by atoms with Gasteiger partial charge in [0.25, 0.3) is 0 Å². The lowest BCUT2D eigenvalue weighted by molar-refractivity contribution is -0.0327. The van der Waals surface area contributed by atoms with Crippen LogP contribution in [0.3, 0.4) is 0 Å². The van der Waals surface area contributed by atoms with Gasteiger partial charge in [-0.15, -0.1) is 12.4 Å². The second-order valence-corrected chi connectivity index (χ2v) is 2.81. The minimum absolute atomic E-state index is 0. The predicted octanol–water partition coefficient (Wildman–Crippen LogP) is 2.27. The van der Waals surface area contributed by atoms with Crippen LogP contribution in [0.25, 0.3) is 0 Å². The zero-order valence-corrected chi connectivity index (χ0v) is 7.70. The minimum Gasteiger partial charge on any atom is -0.316 e. The molecule has 0 rings (SSSR count). The summed E-state index contributed by atoms with van der Waals surface area (Å²) >= 11 is 0.0110. The fraction of sp³-hybridized carbons (Fsp3) is 1.00. The van der Waals surface area contributed by atoms with Gasteiger partial charge in [-0.3, -0.25) is 0 Å². The van der Waals surface area contributed by atoms with Crippen molar-refractivity contribution in [3.8, 4) is 0 Å². The average Bonchev–Trinajstić information content (AvgIpc) is 1.78. The van der Waals surface area contributed by atoms with Crippen molar-refractivity contribution in [2.75, 3.05) is 18.8 Å². The van der Waals surface area contributed by atoms with E-state index in [1.807, 2.05) is 6.92 Å². The zero-order valence-electron chi connectivity index (χ0n) is 6.07. The van der Waals surface area contributed by atoms with E-state index in [4.69, 9.17) is 0 Å². The van der Waals surface area contributed by atoms with Crippen molar-refractivity contribution in [3.05, 3.63) is 0 Å². The number of hydrogen-bond donors (Lipinski definition) is 1. The molecule has 70 valence electrons. The molecule has 0 aliphatic carbocycles. The molecule has 1 N–H and O–H groups in total. The van der Waals surface area contributed by atoms with E-state index >= 15 is 0 Å². The molecule has 11 heavy (non-hydrogen) atoms. The zero-order chi connectivity index (χ0) is 8.04. The largest absolute Gasteiger partial charge is 0.441 e. The van der Waals surface area contributed by atoms with Gasteiger partial charge in [-0.1, -0.05) is 6.92 Å². The first-order valence-corrected chi connectivity index (χ1v) is 3.96. The molecule has 0 fully saturated rings. The molecule has 0 aromatic rings. The summed E-state index contributed by atoms with van der Waals surface area (Å²) in [5, 5.41) is 2.80. The van der Waals surface area contributed by atoms with Crippen LogP contribution in [0.15, 0.2) is 0 Å². The maximum Gasteiger partial charge on any atom is 0.441 e. The van der Waals surface area contributed by atoms with Gasteiger partial charge in [0.2, 0.25) is 0 Å². The fourth-order valence-corrected chi connectivity index (χ4v) is 0.894. The normalized spacial score (nSPS) is 10.9. The minimum atomic E-state index is -4.07. The first-order valence-electron chi connectivity index (χ1n) is 2.97. The van der Waals surface area contributed by atoms with E-state index in [1.54, 1.807) is 0 Å². The number of rotatable bonds is 4. The van der Waals surface area contributed by atoms with Crippen LogP contribution in [-0.2, 0) is 0 Å². The molecule has 0 bridgehead atoms. The molecule has 0 aliphatic heterocycles. The van der Waals surface area contributed by atoms with Gasteiger partial charge in [-0.25, -0.2) is 0 Å². The molecule has 0 aliphatic rings. The van der Waals surface area contributed by atoms with Gasteiger partial charge in [0.1, 0.15) is 0 Å². The SMILES string of the molecule is CCNCCSC(F)(F)F.Cl. The molecular formula is C5H11ClF3NS. The van der Waals surface area contributed by atoms with E-state index in [2.05, 4.69) is 5.32 Å². The van der Waals surface area contributed by atoms with Crippen LogP contribution >= 0.6 is 24.2 Å². The summed E-state index contributed by atoms with van der Waals surface area (Å²) in [7, 11) is 0. The quantitative estimate of drug-likeness (QED) is 0.713. The molecule has 0 amide bonds. The Balaban J connectivity index is 0. The second kappa shape index (κ2) is 7.06. The van der Waals surface area contributed by atoms with Crippen LogP contribution in [0, 0.1) is 0 Å². The van der Waals surface area contributed by atoms with Gasteiger partial charge in [0.05, 0.1) is 0 Å². The molecule has 0 unspecified atom stereocenters. The van der Waals surface area contributed by atoms with Crippen molar-refractivity contribution in [2.24, 2.45) is 0 Å². The molecule has 0 atom stereocenters. The smallest absolute Gasteiger partial charge is 0.316 e. The first-order chi connectivity index (χ1) is 4.56. The van der Waals surface area contributed by atoms with Crippen molar-refractivity contribution in [1.82, 2.24) is 5.32 Å². The van der Waals surface area contributed by atoms with E-state index in [9.17, 15) is 13.2 Å². The number of alkyl halides is 3. The van der Waals surface area contributed by atoms with Crippen LogP contribution in [0.2, 0.25) is 0 Å². The summed E-state index contributed by atoms with van der Waals surface area (Å²) in [5.74, 6) is 0.0946. The van der Waals surface area contributed by atoms with Crippen LogP contribution in [-0.4, -0.2) is 24.4 Å². The van der Waals surface area contributed by atoms with E-state index < -0.39 is 5.51 Å². The molecule has 1 nitrogen and oxygen atoms in total. The third kappa shape index (κ3) is 13.4. The Morgan fingerprint density at radius 3 is 2.27 bits per heavy atom. The maximum atomic E-state index is 11.4. The molecular weight excluding hydrogens is 199 g/mol. The molecule has 0 spiro atoms. The van der Waals surface area contributed by atoms with Crippen molar-refractivity contribution in [3.63, 3.8) is 0 Å². The lowest BCUT2D eigenvalue weighted by Crippen LogP contribution is -2.17. The fourth-order valence-electron chi connectivity index (χ4n) is 0.416. The van der Waals surface area contributed by atoms with E-state index in [0.29, 0.717) is 6.54 Å². The Bertz CT molecular complexity index is 88.3. The number of halogens is 4. The third-order valence-electron chi connectivity index (χ3n) is 0.795. The molecule has 0 saturated heterocycles. The molecule has 0 heterocycles. The van der Waals surface area contributed by atoms with Gasteiger partial charge >= 0.3 is 5.51 Å². The molecule has 0 aromatic carbocycles. The number of nitrogens with one attached hydrogen (secondary N) is 1. The first kappa shape index (κ1) is 13.9. The molecule has 6 heteroatoms. The van der Waals surface area contributed by atoms with Gasteiger partial charge in [0.15, 0.2) is 0 Å². The van der Waals surface area contributed by atoms with Crippen LogP contribution in [0.1, 0.15) is 6.92 Å². The highest BCUT2D eigenvalue weighted by molar-refractivity contribution is 8.00. The van der Waals surface area contributed by atoms with Crippen molar-refractivity contribution >= 4 is 24.2 Å². The second-order valence-electron chi connectivity index (χ2n) is 1.65. The summed E-state index contributed by atoms with van der Waals surface area (Å²) in [5.41, 5.74) is -4.07. The van der Waals surface area contributed by atoms with Gasteiger partial charge in [-0.05, 0) is 18.3 Å². The van der Waals surface area contributed by atoms with E-state index in [0.717, 1.165) is 6.54 Å². The summed E-state index contributed by atoms with van der Waals surface area (Å²) in [6, 6.07) is 0. The van der Waals surface area contributed by atoms with Crippen molar-refractivity contribution < 1.29 is 13.2 Å². The van der Waals surface area contributed by atoms with Gasteiger partial charge < -0.3 is 5.32 Å². The standard InChI is InChI=1S/C5H10F3NS.ClH/c1-2-9-3-4-10-5(6,7)8;/h9H,2-4H2,1H3;1H. The maximum absolute atomic E-state index is 11.4. The highest BCUT2D eigenvalue weighted by Gasteiger charge is 2.27. The third-order valence-corrected chi connectivity index (χ3v) is 1.53.